The largest absolute Gasteiger partial charge is 0.310 e. The second-order valence-corrected chi connectivity index (χ2v) is 5.68. The van der Waals surface area contributed by atoms with Crippen molar-refractivity contribution < 1.29 is 4.39 Å². The molecule has 20 heavy (non-hydrogen) atoms. The van der Waals surface area contributed by atoms with Gasteiger partial charge in [-0.1, -0.05) is 64.5 Å². The van der Waals surface area contributed by atoms with Crippen LogP contribution in [0.5, 0.6) is 0 Å². The summed E-state index contributed by atoms with van der Waals surface area (Å²) >= 11 is 0. The van der Waals surface area contributed by atoms with E-state index in [0.29, 0.717) is 6.04 Å². The maximum atomic E-state index is 13.4. The number of hydrogen-bond donors (Lipinski definition) is 1. The van der Waals surface area contributed by atoms with E-state index in [2.05, 4.69) is 19.2 Å². The third-order valence-electron chi connectivity index (χ3n) is 3.88. The van der Waals surface area contributed by atoms with Crippen molar-refractivity contribution in [1.82, 2.24) is 5.32 Å². The molecule has 0 bridgehead atoms. The lowest BCUT2D eigenvalue weighted by molar-refractivity contribution is 0.476. The van der Waals surface area contributed by atoms with E-state index in [9.17, 15) is 4.39 Å². The maximum absolute atomic E-state index is 13.4. The van der Waals surface area contributed by atoms with E-state index in [1.54, 1.807) is 6.07 Å². The van der Waals surface area contributed by atoms with Gasteiger partial charge in [0.15, 0.2) is 0 Å². The van der Waals surface area contributed by atoms with Crippen molar-refractivity contribution in [3.05, 3.63) is 35.1 Å². The minimum atomic E-state index is -0.108. The normalized spacial score (nSPS) is 12.6. The molecular weight excluding hydrogens is 249 g/mol. The van der Waals surface area contributed by atoms with E-state index in [4.69, 9.17) is 0 Å². The van der Waals surface area contributed by atoms with Gasteiger partial charge in [-0.2, -0.15) is 0 Å². The third kappa shape index (κ3) is 6.04. The predicted octanol–water partition coefficient (Wildman–Crippen LogP) is 5.54. The smallest absolute Gasteiger partial charge is 0.126 e. The van der Waals surface area contributed by atoms with Gasteiger partial charge in [0.05, 0.1) is 0 Å². The van der Waals surface area contributed by atoms with Crippen LogP contribution in [-0.2, 0) is 0 Å². The first-order valence-corrected chi connectivity index (χ1v) is 8.18. The molecule has 0 aliphatic heterocycles. The van der Waals surface area contributed by atoms with Crippen LogP contribution in [0.1, 0.15) is 76.0 Å². The summed E-state index contributed by atoms with van der Waals surface area (Å²) in [6.07, 6.45) is 9.06. The third-order valence-corrected chi connectivity index (χ3v) is 3.88. The van der Waals surface area contributed by atoms with Crippen LogP contribution in [-0.4, -0.2) is 6.54 Å². The number of nitrogens with one attached hydrogen (secondary N) is 1. The number of hydrogen-bond acceptors (Lipinski definition) is 1. The van der Waals surface area contributed by atoms with Crippen LogP contribution in [0.2, 0.25) is 0 Å². The van der Waals surface area contributed by atoms with Crippen molar-refractivity contribution in [2.45, 2.75) is 71.8 Å². The molecule has 0 aliphatic carbocycles. The Morgan fingerprint density at radius 3 is 2.40 bits per heavy atom. The molecule has 1 aromatic rings. The lowest BCUT2D eigenvalue weighted by Gasteiger charge is -2.19. The molecule has 0 heterocycles. The summed E-state index contributed by atoms with van der Waals surface area (Å²) in [5.41, 5.74) is 1.97. The fourth-order valence-electron chi connectivity index (χ4n) is 2.65. The van der Waals surface area contributed by atoms with E-state index in [-0.39, 0.29) is 5.82 Å². The van der Waals surface area contributed by atoms with Gasteiger partial charge in [0.2, 0.25) is 0 Å². The number of benzene rings is 1. The molecule has 0 saturated carbocycles. The van der Waals surface area contributed by atoms with Gasteiger partial charge in [-0.05, 0) is 37.1 Å². The van der Waals surface area contributed by atoms with Crippen LogP contribution in [0.15, 0.2) is 18.2 Å². The van der Waals surface area contributed by atoms with Crippen LogP contribution in [0.25, 0.3) is 0 Å². The highest BCUT2D eigenvalue weighted by atomic mass is 19.1. The molecule has 0 spiro atoms. The fraction of sp³-hybridized carbons (Fsp3) is 0.667. The fourth-order valence-corrected chi connectivity index (χ4v) is 2.65. The molecule has 1 nitrogen and oxygen atoms in total. The molecule has 0 saturated heterocycles. The van der Waals surface area contributed by atoms with Crippen LogP contribution in [0, 0.1) is 12.7 Å². The van der Waals surface area contributed by atoms with E-state index in [1.165, 1.54) is 44.1 Å². The van der Waals surface area contributed by atoms with Crippen molar-refractivity contribution in [1.29, 1.82) is 0 Å². The quantitative estimate of drug-likeness (QED) is 0.555. The summed E-state index contributed by atoms with van der Waals surface area (Å²) in [4.78, 5) is 0. The zero-order chi connectivity index (χ0) is 14.8. The summed E-state index contributed by atoms with van der Waals surface area (Å²) in [5.74, 6) is -0.108. The van der Waals surface area contributed by atoms with Gasteiger partial charge in [-0.15, -0.1) is 0 Å². The Kier molecular flexibility index (Phi) is 8.52. The molecule has 1 rings (SSSR count). The van der Waals surface area contributed by atoms with Crippen molar-refractivity contribution >= 4 is 0 Å². The van der Waals surface area contributed by atoms with Gasteiger partial charge in [0.1, 0.15) is 5.82 Å². The highest BCUT2D eigenvalue weighted by molar-refractivity contribution is 5.26. The van der Waals surface area contributed by atoms with Gasteiger partial charge in [0, 0.05) is 6.04 Å². The molecule has 0 amide bonds. The van der Waals surface area contributed by atoms with Gasteiger partial charge in [-0.3, -0.25) is 0 Å². The lowest BCUT2D eigenvalue weighted by Crippen LogP contribution is -2.21. The first kappa shape index (κ1) is 17.2. The molecule has 1 N–H and O–H groups in total. The lowest BCUT2D eigenvalue weighted by atomic mass is 9.98. The van der Waals surface area contributed by atoms with Crippen molar-refractivity contribution in [2.24, 2.45) is 0 Å². The van der Waals surface area contributed by atoms with Crippen LogP contribution >= 0.6 is 0 Å². The molecule has 0 fully saturated rings. The zero-order valence-corrected chi connectivity index (χ0v) is 13.3. The Hall–Kier alpha value is -0.890. The highest BCUT2D eigenvalue weighted by Crippen LogP contribution is 2.22. The van der Waals surface area contributed by atoms with E-state index < -0.39 is 0 Å². The van der Waals surface area contributed by atoms with Gasteiger partial charge in [0.25, 0.3) is 0 Å². The predicted molar refractivity (Wildman–Crippen MR) is 85.5 cm³/mol. The summed E-state index contributed by atoms with van der Waals surface area (Å²) in [5, 5.41) is 3.53. The number of unbranched alkanes of at least 4 members (excludes halogenated alkanes) is 5. The molecule has 114 valence electrons. The van der Waals surface area contributed by atoms with Gasteiger partial charge in [-0.25, -0.2) is 4.39 Å². The van der Waals surface area contributed by atoms with Crippen LogP contribution in [0.3, 0.4) is 0 Å². The molecule has 2 heteroatoms. The van der Waals surface area contributed by atoms with Crippen molar-refractivity contribution in [2.75, 3.05) is 6.54 Å². The van der Waals surface area contributed by atoms with E-state index in [1.807, 2.05) is 19.1 Å². The summed E-state index contributed by atoms with van der Waals surface area (Å²) in [6.45, 7) is 7.17. The molecule has 1 atom stereocenters. The second-order valence-electron chi connectivity index (χ2n) is 5.68. The molecule has 1 aromatic carbocycles. The maximum Gasteiger partial charge on any atom is 0.126 e. The number of rotatable bonds is 10. The van der Waals surface area contributed by atoms with Crippen LogP contribution < -0.4 is 5.32 Å². The minimum absolute atomic E-state index is 0.108. The zero-order valence-electron chi connectivity index (χ0n) is 13.3. The van der Waals surface area contributed by atoms with E-state index >= 15 is 0 Å². The highest BCUT2D eigenvalue weighted by Gasteiger charge is 2.11. The summed E-state index contributed by atoms with van der Waals surface area (Å²) < 4.78 is 13.4. The molecule has 1 unspecified atom stereocenters. The van der Waals surface area contributed by atoms with Crippen LogP contribution in [0.4, 0.5) is 4.39 Å². The Bertz CT molecular complexity index is 376. The molecule has 0 radical (unpaired) electrons. The Balaban J connectivity index is 2.45. The Labute approximate surface area is 124 Å². The van der Waals surface area contributed by atoms with Gasteiger partial charge >= 0.3 is 0 Å². The number of halogens is 1. The molecular formula is C18H30FN. The van der Waals surface area contributed by atoms with Crippen molar-refractivity contribution in [3.8, 4) is 0 Å². The average Bonchev–Trinajstić information content (AvgIpc) is 2.44. The summed E-state index contributed by atoms with van der Waals surface area (Å²) in [6, 6.07) is 5.87. The first-order valence-electron chi connectivity index (χ1n) is 8.18. The monoisotopic (exact) mass is 279 g/mol. The standard InChI is InChI=1S/C18H30FN/c1-4-6-7-8-9-10-11-18(20-5-2)16-12-13-17(19)15(3)14-16/h12-14,18,20H,4-11H2,1-3H3. The average molecular weight is 279 g/mol. The SMILES string of the molecule is CCCCCCCCC(NCC)c1ccc(F)c(C)c1. The molecule has 0 aromatic heterocycles. The minimum Gasteiger partial charge on any atom is -0.310 e. The van der Waals surface area contributed by atoms with Gasteiger partial charge < -0.3 is 5.32 Å². The second kappa shape index (κ2) is 9.93. The van der Waals surface area contributed by atoms with E-state index in [0.717, 1.165) is 18.5 Å². The topological polar surface area (TPSA) is 12.0 Å². The Morgan fingerprint density at radius 1 is 1.05 bits per heavy atom. The Morgan fingerprint density at radius 2 is 1.75 bits per heavy atom. The first-order chi connectivity index (χ1) is 9.69. The summed E-state index contributed by atoms with van der Waals surface area (Å²) in [7, 11) is 0. The molecule has 0 aliphatic rings. The van der Waals surface area contributed by atoms with Crippen molar-refractivity contribution in [3.63, 3.8) is 0 Å². The number of aryl methyl sites for hydroxylation is 1.